The maximum absolute atomic E-state index is 6.22. The van der Waals surface area contributed by atoms with Gasteiger partial charge in [-0.05, 0) is 38.3 Å². The van der Waals surface area contributed by atoms with Crippen molar-refractivity contribution in [2.75, 3.05) is 11.9 Å². The summed E-state index contributed by atoms with van der Waals surface area (Å²) in [6.45, 7) is 3.37. The molecule has 0 spiro atoms. The molecule has 0 radical (unpaired) electrons. The van der Waals surface area contributed by atoms with Crippen LogP contribution in [0.1, 0.15) is 26.2 Å². The summed E-state index contributed by atoms with van der Waals surface area (Å²) in [5.41, 5.74) is 0.808. The van der Waals surface area contributed by atoms with E-state index in [-0.39, 0.29) is 0 Å². The van der Waals surface area contributed by atoms with Gasteiger partial charge < -0.3 is 5.32 Å². The Hall–Kier alpha value is -0.150. The normalized spacial score (nSPS) is 27.8. The molecule has 0 amide bonds. The average Bonchev–Trinajstić information content (AvgIpc) is 3.09. The number of rotatable bonds is 3. The minimum Gasteiger partial charge on any atom is -0.379 e. The van der Waals surface area contributed by atoms with Crippen LogP contribution in [0.15, 0.2) is 12.1 Å². The first-order chi connectivity index (χ1) is 9.04. The molecule has 2 unspecified atom stereocenters. The zero-order valence-electron chi connectivity index (χ0n) is 10.8. The molecule has 0 bridgehead atoms. The van der Waals surface area contributed by atoms with Gasteiger partial charge in [0.1, 0.15) is 0 Å². The molecule has 0 aromatic heterocycles. The Bertz CT molecular complexity index is 465. The number of anilines is 1. The van der Waals surface area contributed by atoms with Crippen LogP contribution in [0.2, 0.25) is 15.1 Å². The minimum absolute atomic E-state index is 0.409. The van der Waals surface area contributed by atoms with Gasteiger partial charge in [0.15, 0.2) is 0 Å². The highest BCUT2D eigenvalue weighted by Gasteiger charge is 2.38. The van der Waals surface area contributed by atoms with Crippen LogP contribution in [0, 0.1) is 0 Å². The molecule has 1 N–H and O–H groups in total. The summed E-state index contributed by atoms with van der Waals surface area (Å²) in [6.07, 6.45) is 3.82. The molecule has 2 fully saturated rings. The van der Waals surface area contributed by atoms with E-state index in [0.717, 1.165) is 24.7 Å². The van der Waals surface area contributed by atoms with Gasteiger partial charge in [0.25, 0.3) is 0 Å². The molecule has 3 rings (SSSR count). The van der Waals surface area contributed by atoms with Crippen molar-refractivity contribution in [3.05, 3.63) is 27.2 Å². The van der Waals surface area contributed by atoms with Gasteiger partial charge in [-0.3, -0.25) is 4.90 Å². The standard InChI is InChI=1S/C14H17Cl3N2/c1-8-4-10(7-19(8)11-2-3-11)18-14-12(16)5-9(15)6-13(14)17/h5-6,8,10-11,18H,2-4,7H2,1H3. The van der Waals surface area contributed by atoms with Crippen molar-refractivity contribution in [3.63, 3.8) is 0 Å². The third-order valence-electron chi connectivity index (χ3n) is 3.99. The summed E-state index contributed by atoms with van der Waals surface area (Å²) in [4.78, 5) is 2.59. The monoisotopic (exact) mass is 318 g/mol. The van der Waals surface area contributed by atoms with Crippen LogP contribution in [-0.4, -0.2) is 29.6 Å². The van der Waals surface area contributed by atoms with E-state index in [2.05, 4.69) is 17.1 Å². The molecule has 2 atom stereocenters. The molecule has 1 aliphatic carbocycles. The van der Waals surface area contributed by atoms with Gasteiger partial charge in [-0.15, -0.1) is 0 Å². The number of halogens is 3. The van der Waals surface area contributed by atoms with E-state index in [0.29, 0.717) is 27.2 Å². The van der Waals surface area contributed by atoms with Crippen molar-refractivity contribution in [2.24, 2.45) is 0 Å². The zero-order chi connectivity index (χ0) is 13.6. The molecule has 2 nitrogen and oxygen atoms in total. The van der Waals surface area contributed by atoms with Gasteiger partial charge in [-0.25, -0.2) is 0 Å². The van der Waals surface area contributed by atoms with E-state index in [1.165, 1.54) is 12.8 Å². The van der Waals surface area contributed by atoms with Crippen molar-refractivity contribution in [2.45, 2.75) is 44.3 Å². The first kappa shape index (κ1) is 13.8. The maximum atomic E-state index is 6.22. The molecular weight excluding hydrogens is 303 g/mol. The van der Waals surface area contributed by atoms with Crippen LogP contribution in [0.25, 0.3) is 0 Å². The Morgan fingerprint density at radius 3 is 2.37 bits per heavy atom. The molecular formula is C14H17Cl3N2. The Kier molecular flexibility index (Phi) is 3.87. The summed E-state index contributed by atoms with van der Waals surface area (Å²) < 4.78 is 0. The fourth-order valence-electron chi connectivity index (χ4n) is 2.96. The van der Waals surface area contributed by atoms with Crippen LogP contribution in [0.5, 0.6) is 0 Å². The van der Waals surface area contributed by atoms with Gasteiger partial charge >= 0.3 is 0 Å². The van der Waals surface area contributed by atoms with Gasteiger partial charge in [0, 0.05) is 29.7 Å². The van der Waals surface area contributed by atoms with Crippen molar-refractivity contribution in [3.8, 4) is 0 Å². The van der Waals surface area contributed by atoms with Crippen LogP contribution in [0.4, 0.5) is 5.69 Å². The predicted octanol–water partition coefficient (Wildman–Crippen LogP) is 4.68. The van der Waals surface area contributed by atoms with Crippen LogP contribution < -0.4 is 5.32 Å². The van der Waals surface area contributed by atoms with Crippen molar-refractivity contribution in [1.82, 2.24) is 4.90 Å². The average molecular weight is 320 g/mol. The summed E-state index contributed by atoms with van der Waals surface area (Å²) in [5, 5.41) is 5.24. The lowest BCUT2D eigenvalue weighted by Gasteiger charge is -2.20. The number of hydrogen-bond donors (Lipinski definition) is 1. The molecule has 1 aromatic carbocycles. The molecule has 19 heavy (non-hydrogen) atoms. The second kappa shape index (κ2) is 5.33. The first-order valence-corrected chi connectivity index (χ1v) is 7.85. The van der Waals surface area contributed by atoms with E-state index in [1.807, 2.05) is 0 Å². The molecule has 1 saturated heterocycles. The third-order valence-corrected chi connectivity index (χ3v) is 4.81. The Labute approximate surface area is 129 Å². The van der Waals surface area contributed by atoms with Crippen LogP contribution >= 0.6 is 34.8 Å². The molecule has 1 heterocycles. The quantitative estimate of drug-likeness (QED) is 0.870. The smallest absolute Gasteiger partial charge is 0.0722 e. The largest absolute Gasteiger partial charge is 0.379 e. The molecule has 104 valence electrons. The van der Waals surface area contributed by atoms with E-state index >= 15 is 0 Å². The van der Waals surface area contributed by atoms with Gasteiger partial charge in [0.05, 0.1) is 15.7 Å². The zero-order valence-corrected chi connectivity index (χ0v) is 13.1. The molecule has 1 aromatic rings. The number of hydrogen-bond acceptors (Lipinski definition) is 2. The topological polar surface area (TPSA) is 15.3 Å². The van der Waals surface area contributed by atoms with E-state index in [4.69, 9.17) is 34.8 Å². The second-order valence-corrected chi connectivity index (χ2v) is 6.85. The highest BCUT2D eigenvalue weighted by molar-refractivity contribution is 6.41. The lowest BCUT2D eigenvalue weighted by Crippen LogP contribution is -2.31. The summed E-state index contributed by atoms with van der Waals surface area (Å²) in [6, 6.07) is 5.31. The van der Waals surface area contributed by atoms with Crippen LogP contribution in [-0.2, 0) is 0 Å². The van der Waals surface area contributed by atoms with Gasteiger partial charge in [-0.1, -0.05) is 34.8 Å². The molecule has 1 aliphatic heterocycles. The SMILES string of the molecule is CC1CC(Nc2c(Cl)cc(Cl)cc2Cl)CN1C1CC1. The lowest BCUT2D eigenvalue weighted by molar-refractivity contribution is 0.257. The number of nitrogens with zero attached hydrogens (tertiary/aromatic N) is 1. The van der Waals surface area contributed by atoms with E-state index in [9.17, 15) is 0 Å². The molecule has 5 heteroatoms. The highest BCUT2D eigenvalue weighted by atomic mass is 35.5. The fourth-order valence-corrected chi connectivity index (χ4v) is 3.89. The Morgan fingerprint density at radius 2 is 1.79 bits per heavy atom. The number of likely N-dealkylation sites (tertiary alicyclic amines) is 1. The molecule has 2 aliphatic rings. The summed E-state index contributed by atoms with van der Waals surface area (Å²) in [7, 11) is 0. The highest BCUT2D eigenvalue weighted by Crippen LogP contribution is 2.37. The predicted molar refractivity (Wildman–Crippen MR) is 82.7 cm³/mol. The van der Waals surface area contributed by atoms with E-state index in [1.54, 1.807) is 12.1 Å². The van der Waals surface area contributed by atoms with Crippen molar-refractivity contribution >= 4 is 40.5 Å². The maximum Gasteiger partial charge on any atom is 0.0722 e. The first-order valence-electron chi connectivity index (χ1n) is 6.71. The Morgan fingerprint density at radius 1 is 1.16 bits per heavy atom. The lowest BCUT2D eigenvalue weighted by atomic mass is 10.2. The second-order valence-electron chi connectivity index (χ2n) is 5.60. The summed E-state index contributed by atoms with van der Waals surface area (Å²) in [5.74, 6) is 0. The number of benzene rings is 1. The molecule has 1 saturated carbocycles. The third kappa shape index (κ3) is 2.97. The number of nitrogens with one attached hydrogen (secondary N) is 1. The summed E-state index contributed by atoms with van der Waals surface area (Å²) >= 11 is 18.4. The Balaban J connectivity index is 1.72. The minimum atomic E-state index is 0.409. The van der Waals surface area contributed by atoms with Crippen molar-refractivity contribution in [1.29, 1.82) is 0 Å². The van der Waals surface area contributed by atoms with Gasteiger partial charge in [-0.2, -0.15) is 0 Å². The van der Waals surface area contributed by atoms with Crippen molar-refractivity contribution < 1.29 is 0 Å². The van der Waals surface area contributed by atoms with E-state index < -0.39 is 0 Å². The fraction of sp³-hybridized carbons (Fsp3) is 0.571. The van der Waals surface area contributed by atoms with Crippen LogP contribution in [0.3, 0.4) is 0 Å². The van der Waals surface area contributed by atoms with Gasteiger partial charge in [0.2, 0.25) is 0 Å².